The van der Waals surface area contributed by atoms with Crippen molar-refractivity contribution in [1.29, 1.82) is 0 Å². The molecule has 0 bridgehead atoms. The fraction of sp³-hybridized carbons (Fsp3) is 0.286. The van der Waals surface area contributed by atoms with E-state index in [4.69, 9.17) is 51.3 Å². The highest BCUT2D eigenvalue weighted by atomic mass is 35.5. The maximum Gasteiger partial charge on any atom is 0.350 e. The molecule has 1 aliphatic rings. The summed E-state index contributed by atoms with van der Waals surface area (Å²) in [5.74, 6) is 2.68. The van der Waals surface area contributed by atoms with Crippen LogP contribution in [0.1, 0.15) is 0 Å². The maximum absolute atomic E-state index is 12.6. The topological polar surface area (TPSA) is 50.3 Å². The normalized spacial score (nSPS) is 13.4. The second kappa shape index (κ2) is 6.42. The Labute approximate surface area is 146 Å². The van der Waals surface area contributed by atoms with E-state index in [9.17, 15) is 4.79 Å². The standard InChI is InChI=1S/C14H11Cl2N3O3S/c1-2-4-22-12-7-11(9(15)6-10(12)16)19-13(20)17-3-5-21-8-18(17)14(19)23/h1,6-7H,3-5,8H2. The summed E-state index contributed by atoms with van der Waals surface area (Å²) in [6.07, 6.45) is 5.18. The van der Waals surface area contributed by atoms with E-state index in [0.29, 0.717) is 29.6 Å². The van der Waals surface area contributed by atoms with Crippen LogP contribution in [-0.4, -0.2) is 27.1 Å². The van der Waals surface area contributed by atoms with E-state index in [2.05, 4.69) is 5.92 Å². The van der Waals surface area contributed by atoms with E-state index >= 15 is 0 Å². The minimum absolute atomic E-state index is 0.0469. The monoisotopic (exact) mass is 371 g/mol. The smallest absolute Gasteiger partial charge is 0.350 e. The zero-order valence-corrected chi connectivity index (χ0v) is 14.1. The lowest BCUT2D eigenvalue weighted by atomic mass is 10.3. The van der Waals surface area contributed by atoms with E-state index in [1.165, 1.54) is 15.3 Å². The third-order valence-electron chi connectivity index (χ3n) is 3.33. The van der Waals surface area contributed by atoms with Gasteiger partial charge in [-0.2, -0.15) is 0 Å². The van der Waals surface area contributed by atoms with Crippen LogP contribution in [-0.2, 0) is 18.0 Å². The second-order valence-electron chi connectivity index (χ2n) is 4.69. The van der Waals surface area contributed by atoms with Crippen molar-refractivity contribution < 1.29 is 9.47 Å². The van der Waals surface area contributed by atoms with Gasteiger partial charge < -0.3 is 9.47 Å². The van der Waals surface area contributed by atoms with E-state index in [0.717, 1.165) is 0 Å². The molecule has 0 atom stereocenters. The van der Waals surface area contributed by atoms with Crippen LogP contribution in [0.2, 0.25) is 10.0 Å². The molecule has 0 N–H and O–H groups in total. The second-order valence-corrected chi connectivity index (χ2v) is 5.87. The number of hydrogen-bond donors (Lipinski definition) is 0. The van der Waals surface area contributed by atoms with Crippen LogP contribution < -0.4 is 10.4 Å². The Hall–Kier alpha value is -1.72. The molecule has 0 aliphatic carbocycles. The van der Waals surface area contributed by atoms with E-state index < -0.39 is 0 Å². The van der Waals surface area contributed by atoms with Gasteiger partial charge in [-0.15, -0.1) is 6.42 Å². The molecule has 9 heteroatoms. The van der Waals surface area contributed by atoms with Crippen molar-refractivity contribution in [2.24, 2.45) is 0 Å². The molecule has 1 aromatic carbocycles. The molecule has 1 aliphatic heterocycles. The SMILES string of the molecule is C#CCOc1cc(-n2c(=O)n3n(c2=S)COCC3)c(Cl)cc1Cl. The maximum atomic E-state index is 12.6. The van der Waals surface area contributed by atoms with Gasteiger partial charge in [0.05, 0.1) is 28.9 Å². The summed E-state index contributed by atoms with van der Waals surface area (Å²) in [5, 5.41) is 0.577. The van der Waals surface area contributed by atoms with E-state index in [1.54, 1.807) is 10.7 Å². The Morgan fingerprint density at radius 2 is 2.13 bits per heavy atom. The number of ether oxygens (including phenoxy) is 2. The number of terminal acetylenes is 1. The third-order valence-corrected chi connectivity index (χ3v) is 4.32. The average Bonchev–Trinajstić information content (AvgIpc) is 2.79. The Morgan fingerprint density at radius 3 is 2.83 bits per heavy atom. The van der Waals surface area contributed by atoms with Crippen molar-refractivity contribution in [2.75, 3.05) is 13.2 Å². The molecule has 2 heterocycles. The van der Waals surface area contributed by atoms with Crippen molar-refractivity contribution in [3.05, 3.63) is 37.4 Å². The molecule has 6 nitrogen and oxygen atoms in total. The van der Waals surface area contributed by atoms with Crippen LogP contribution in [0.4, 0.5) is 0 Å². The Balaban J connectivity index is 2.20. The van der Waals surface area contributed by atoms with Gasteiger partial charge in [-0.25, -0.2) is 18.7 Å². The molecular weight excluding hydrogens is 361 g/mol. The highest BCUT2D eigenvalue weighted by Gasteiger charge is 2.20. The molecule has 2 aromatic rings. The zero-order valence-electron chi connectivity index (χ0n) is 11.8. The van der Waals surface area contributed by atoms with Gasteiger partial charge in [0.2, 0.25) is 4.77 Å². The number of hydrogen-bond acceptors (Lipinski definition) is 4. The van der Waals surface area contributed by atoms with E-state index in [1.807, 2.05) is 0 Å². The number of benzene rings is 1. The summed E-state index contributed by atoms with van der Waals surface area (Å²) in [7, 11) is 0. The first-order valence-corrected chi connectivity index (χ1v) is 7.77. The van der Waals surface area contributed by atoms with Gasteiger partial charge in [0.1, 0.15) is 19.1 Å². The molecule has 0 fully saturated rings. The quantitative estimate of drug-likeness (QED) is 0.614. The van der Waals surface area contributed by atoms with Crippen LogP contribution in [0.3, 0.4) is 0 Å². The minimum atomic E-state index is -0.301. The minimum Gasteiger partial charge on any atom is -0.479 e. The summed E-state index contributed by atoms with van der Waals surface area (Å²) in [4.78, 5) is 12.6. The van der Waals surface area contributed by atoms with Crippen molar-refractivity contribution >= 4 is 35.4 Å². The Bertz CT molecular complexity index is 886. The summed E-state index contributed by atoms with van der Waals surface area (Å²) in [6.45, 7) is 1.13. The Morgan fingerprint density at radius 1 is 1.35 bits per heavy atom. The van der Waals surface area contributed by atoms with Crippen molar-refractivity contribution in [2.45, 2.75) is 13.3 Å². The summed E-state index contributed by atoms with van der Waals surface area (Å²) >= 11 is 17.7. The van der Waals surface area contributed by atoms with Crippen molar-refractivity contribution in [3.63, 3.8) is 0 Å². The zero-order chi connectivity index (χ0) is 16.6. The highest BCUT2D eigenvalue weighted by molar-refractivity contribution is 7.71. The van der Waals surface area contributed by atoms with Gasteiger partial charge in [0, 0.05) is 6.07 Å². The van der Waals surface area contributed by atoms with Crippen LogP contribution in [0, 0.1) is 17.1 Å². The van der Waals surface area contributed by atoms with Crippen LogP contribution >= 0.6 is 35.4 Å². The average molecular weight is 372 g/mol. The molecule has 0 amide bonds. The molecule has 0 saturated heterocycles. The molecule has 120 valence electrons. The van der Waals surface area contributed by atoms with Gasteiger partial charge >= 0.3 is 5.69 Å². The molecule has 0 radical (unpaired) electrons. The number of aromatic nitrogens is 3. The Kier molecular flexibility index (Phi) is 4.50. The number of fused-ring (bicyclic) bond motifs is 1. The predicted molar refractivity (Wildman–Crippen MR) is 89.2 cm³/mol. The number of nitrogens with zero attached hydrogens (tertiary/aromatic N) is 3. The molecule has 0 saturated carbocycles. The molecule has 23 heavy (non-hydrogen) atoms. The molecule has 0 spiro atoms. The summed E-state index contributed by atoms with van der Waals surface area (Å²) in [6, 6.07) is 3.04. The number of rotatable bonds is 3. The fourth-order valence-corrected chi connectivity index (χ4v) is 3.14. The van der Waals surface area contributed by atoms with Gasteiger partial charge in [-0.1, -0.05) is 29.1 Å². The third kappa shape index (κ3) is 2.79. The lowest BCUT2D eigenvalue weighted by Gasteiger charge is -2.15. The van der Waals surface area contributed by atoms with Gasteiger partial charge in [-0.05, 0) is 18.3 Å². The van der Waals surface area contributed by atoms with E-state index in [-0.39, 0.29) is 28.8 Å². The van der Waals surface area contributed by atoms with Crippen LogP contribution in [0.5, 0.6) is 5.75 Å². The van der Waals surface area contributed by atoms with Crippen molar-refractivity contribution in [1.82, 2.24) is 13.9 Å². The van der Waals surface area contributed by atoms with Crippen LogP contribution in [0.15, 0.2) is 16.9 Å². The van der Waals surface area contributed by atoms with Crippen molar-refractivity contribution in [3.8, 4) is 23.8 Å². The lowest BCUT2D eigenvalue weighted by molar-refractivity contribution is 0.0133. The first kappa shape index (κ1) is 16.1. The molecular formula is C14H11Cl2N3O3S. The first-order chi connectivity index (χ1) is 11.0. The molecule has 1 aromatic heterocycles. The summed E-state index contributed by atoms with van der Waals surface area (Å²) in [5.41, 5.74) is 0.0814. The summed E-state index contributed by atoms with van der Waals surface area (Å²) < 4.78 is 15.4. The van der Waals surface area contributed by atoms with Gasteiger partial charge in [0.25, 0.3) is 0 Å². The van der Waals surface area contributed by atoms with Gasteiger partial charge in [-0.3, -0.25) is 0 Å². The molecule has 0 unspecified atom stereocenters. The first-order valence-electron chi connectivity index (χ1n) is 6.60. The van der Waals surface area contributed by atoms with Crippen LogP contribution in [0.25, 0.3) is 5.69 Å². The predicted octanol–water partition coefficient (Wildman–Crippen LogP) is 2.48. The fourth-order valence-electron chi connectivity index (χ4n) is 2.29. The molecule has 3 rings (SSSR count). The van der Waals surface area contributed by atoms with Gasteiger partial charge in [0.15, 0.2) is 0 Å². The number of halogens is 2. The lowest BCUT2D eigenvalue weighted by Crippen LogP contribution is -2.32. The largest absolute Gasteiger partial charge is 0.479 e. The highest BCUT2D eigenvalue weighted by Crippen LogP contribution is 2.33.